The van der Waals surface area contributed by atoms with E-state index in [1.807, 2.05) is 6.07 Å². The van der Waals surface area contributed by atoms with Crippen LogP contribution < -0.4 is 33.3 Å². The number of alkyl halides is 18. The van der Waals surface area contributed by atoms with Gasteiger partial charge in [-0.15, -0.1) is 4.33 Å². The van der Waals surface area contributed by atoms with Crippen LogP contribution in [0.5, 0.6) is 63.2 Å². The summed E-state index contributed by atoms with van der Waals surface area (Å²) < 4.78 is 420. The zero-order valence-corrected chi connectivity index (χ0v) is 69.2. The average molecular weight is 1920 g/mol. The number of methoxy groups -OCH3 is 2. The van der Waals surface area contributed by atoms with E-state index in [2.05, 4.69) is 33.1 Å². The van der Waals surface area contributed by atoms with Crippen LogP contribution >= 0.6 is 12.9 Å². The Morgan fingerprint density at radius 3 is 1.01 bits per heavy atom. The summed E-state index contributed by atoms with van der Waals surface area (Å²) in [5.41, 5.74) is -24.2. The summed E-state index contributed by atoms with van der Waals surface area (Å²) >= 11 is 3.43. The van der Waals surface area contributed by atoms with Gasteiger partial charge in [0.1, 0.15) is 75.3 Å². The maximum atomic E-state index is 15.3. The van der Waals surface area contributed by atoms with E-state index in [9.17, 15) is 90.8 Å². The van der Waals surface area contributed by atoms with Crippen molar-refractivity contribution in [1.82, 2.24) is 0 Å². The van der Waals surface area contributed by atoms with Crippen LogP contribution in [0.15, 0.2) is 243 Å². The molecule has 13 nitrogen and oxygen atoms in total. The molecule has 0 amide bonds. The Morgan fingerprint density at radius 1 is 0.319 bits per heavy atom. The predicted molar refractivity (Wildman–Crippen MR) is 431 cm³/mol. The number of hydrogen-bond acceptors (Lipinski definition) is 14. The molecule has 0 spiro atoms. The Morgan fingerprint density at radius 2 is 0.652 bits per heavy atom. The van der Waals surface area contributed by atoms with Gasteiger partial charge in [0.2, 0.25) is 45.3 Å². The van der Waals surface area contributed by atoms with Gasteiger partial charge in [-0.05, 0) is 166 Å². The van der Waals surface area contributed by atoms with Gasteiger partial charge >= 0.3 is 37.1 Å². The number of aryl methyl sites for hydroxylation is 2. The van der Waals surface area contributed by atoms with Gasteiger partial charge in [0.25, 0.3) is 0 Å². The van der Waals surface area contributed by atoms with Crippen molar-refractivity contribution in [2.75, 3.05) is 14.2 Å². The van der Waals surface area contributed by atoms with E-state index in [-0.39, 0.29) is 91.3 Å². The molecule has 13 aromatic rings. The van der Waals surface area contributed by atoms with Crippen molar-refractivity contribution in [1.29, 1.82) is 15.8 Å². The lowest BCUT2D eigenvalue weighted by Crippen LogP contribution is -2.54. The maximum absolute atomic E-state index is 15.3. The first kappa shape index (κ1) is 99.1. The molecule has 0 aliphatic heterocycles. The summed E-state index contributed by atoms with van der Waals surface area (Å²) in [5, 5.41) is 34.9. The fourth-order valence-corrected chi connectivity index (χ4v) is 15.0. The van der Waals surface area contributed by atoms with E-state index < -0.39 is 173 Å². The highest BCUT2D eigenvalue weighted by molar-refractivity contribution is 7.74. The Labute approximate surface area is 750 Å². The van der Waals surface area contributed by atoms with Gasteiger partial charge in [0, 0.05) is 35.2 Å². The molecular weight excluding hydrogens is 1870 g/mol. The van der Waals surface area contributed by atoms with Crippen LogP contribution in [-0.2, 0) is 25.6 Å². The number of rotatable bonds is 24. The number of benzene rings is 13. The molecule has 0 N–H and O–H groups in total. The summed E-state index contributed by atoms with van der Waals surface area (Å²) in [6.45, 7) is 3.19. The molecule has 13 rings (SSSR count). The van der Waals surface area contributed by atoms with Gasteiger partial charge in [-0.2, -0.15) is 112 Å². The largest absolute Gasteiger partial charge is 0.497 e. The lowest BCUT2D eigenvalue weighted by molar-refractivity contribution is -0.402. The number of ether oxygens (including phenoxy) is 6. The van der Waals surface area contributed by atoms with Gasteiger partial charge < -0.3 is 33.3 Å². The van der Waals surface area contributed by atoms with Crippen molar-refractivity contribution in [3.63, 3.8) is 0 Å². The second kappa shape index (κ2) is 38.3. The van der Waals surface area contributed by atoms with Crippen molar-refractivity contribution in [2.45, 2.75) is 67.2 Å². The van der Waals surface area contributed by atoms with E-state index in [1.165, 1.54) is 92.9 Å². The molecule has 135 heavy (non-hydrogen) atoms. The van der Waals surface area contributed by atoms with Crippen LogP contribution in [0.3, 0.4) is 0 Å². The van der Waals surface area contributed by atoms with E-state index in [0.29, 0.717) is 90.0 Å². The Balaban J connectivity index is 0.000000260. The van der Waals surface area contributed by atoms with Gasteiger partial charge in [0.05, 0.1) is 30.9 Å². The van der Waals surface area contributed by atoms with Gasteiger partial charge in [-0.1, -0.05) is 151 Å². The first-order valence-electron chi connectivity index (χ1n) is 38.1. The molecule has 0 aromatic heterocycles. The number of carbonyl (C=O) groups is 1. The third kappa shape index (κ3) is 18.4. The average Bonchev–Trinajstić information content (AvgIpc) is 0.721. The fraction of sp³-hybridized carbons (Fsp3) is 0.137. The van der Waals surface area contributed by atoms with Gasteiger partial charge in [0.15, 0.2) is 40.6 Å². The maximum Gasteiger partial charge on any atom is 0.411 e. The molecule has 696 valence electrons. The number of nitrogens with zero attached hydrogens (tertiary/aromatic N) is 3. The Kier molecular flexibility index (Phi) is 28.1. The summed E-state index contributed by atoms with van der Waals surface area (Å²) in [4.78, 5) is 19.3. The molecule has 0 heterocycles. The van der Waals surface area contributed by atoms with Crippen molar-refractivity contribution >= 4 is 18.7 Å². The van der Waals surface area contributed by atoms with Crippen LogP contribution in [0.4, 0.5) is 114 Å². The van der Waals surface area contributed by atoms with E-state index in [1.54, 1.807) is 31.2 Å². The molecule has 0 unspecified atom stereocenters. The zero-order chi connectivity index (χ0) is 98.8. The van der Waals surface area contributed by atoms with Crippen molar-refractivity contribution in [2.24, 2.45) is 0 Å². The number of nitriles is 3. The number of thiol groups is 1. The minimum Gasteiger partial charge on any atom is -0.497 e. The SMILES string of the molecule is COc1c(F)c(F)c(-c2c(F)c(F)c(Oc3ccc(C(c4ccc(Oc5cccc(-c6ccc(-c7cccc(C)c7C#N)c(C(=O)c7cccc(OOOS)c7)c6)c5C#N)cc4)(C(F)(F)F)C(F)(F)F)cc3)c(F)c2F)c(F)c1F.COc1ccc(C(c2ccc(Oc3cccc(Oc4ccc(C(c5ccc(C)cc5)(C(F)(F)F)C(F)(F)F)cc4)c3C#N)cc2)(C(F)(F)F)C(F)(F)F)cc1. The smallest absolute Gasteiger partial charge is 0.411 e. The number of hydrogen-bond donors (Lipinski definition) is 1. The Bertz CT molecular complexity index is 6670. The van der Waals surface area contributed by atoms with Gasteiger partial charge in [-0.3, -0.25) is 4.79 Å². The zero-order valence-electron chi connectivity index (χ0n) is 68.3. The third-order valence-electron chi connectivity index (χ3n) is 21.3. The fourth-order valence-electron chi connectivity index (χ4n) is 14.9. The standard InChI is InChI=1S/C56H28F14N2O7S.C39H25F12NO3/c1-26-6-3-10-35(38(26)24-71)36-21-12-27(23-37(36)51(73)28-7-4-8-33(22-28)77-78-79-80)34-9-5-11-40(39(34)25-72)75-31-17-13-29(14-18-31)54(55(65,66)67,56(68,69)70)30-15-19-32(20-16-30)76-53-49(63)45(59)42(46(60)50(53)64)41-43(57)47(61)52(74-2)48(62)44(41)58;1-23-6-8-24(9-7-23)34(36(40,41)42,37(43,44)45)26-12-18-29(19-13-26)54-32-4-3-5-33(31(32)22-52)55-30-20-14-27(15-21-30)35(38(46,47)48,39(49,50)51)25-10-16-28(53-2)17-11-25/h3-23,80H,1-2H3;3-21H,1-2H3. The highest BCUT2D eigenvalue weighted by Gasteiger charge is 2.75. The first-order valence-corrected chi connectivity index (χ1v) is 38.5. The normalized spacial score (nSPS) is 12.2. The van der Waals surface area contributed by atoms with Crippen molar-refractivity contribution in [3.8, 4) is 115 Å². The minimum absolute atomic E-state index is 0.0188. The minimum atomic E-state index is -6.24. The highest BCUT2D eigenvalue weighted by Crippen LogP contribution is 2.61. The summed E-state index contributed by atoms with van der Waals surface area (Å²) in [6.07, 6.45) is -35.9. The lowest BCUT2D eigenvalue weighted by atomic mass is 9.72. The van der Waals surface area contributed by atoms with Crippen LogP contribution in [0.25, 0.3) is 33.4 Å². The first-order chi connectivity index (χ1) is 63.6. The second-order valence-corrected chi connectivity index (χ2v) is 29.1. The molecule has 13 aromatic carbocycles. The molecule has 0 bridgehead atoms. The number of ketones is 1. The predicted octanol–water partition coefficient (Wildman–Crippen LogP) is 28.5. The number of carbonyl (C=O) groups excluding carboxylic acids is 1. The molecule has 0 radical (unpaired) electrons. The lowest BCUT2D eigenvalue weighted by Gasteiger charge is -2.38. The van der Waals surface area contributed by atoms with Crippen molar-refractivity contribution < 1.29 is 162 Å². The molecule has 0 atom stereocenters. The molecular formula is C95H53F26N3O10S. The molecule has 0 aliphatic carbocycles. The topological polar surface area (TPSA) is 172 Å². The van der Waals surface area contributed by atoms with Crippen LogP contribution in [0, 0.1) is 94.4 Å². The highest BCUT2D eigenvalue weighted by atomic mass is 32.1. The summed E-state index contributed by atoms with van der Waals surface area (Å²) in [6, 6.07) is 44.6. The number of halogens is 26. The molecule has 0 fully saturated rings. The summed E-state index contributed by atoms with van der Waals surface area (Å²) in [7, 11) is 1.74. The monoisotopic (exact) mass is 1920 g/mol. The molecule has 0 saturated carbocycles. The quantitative estimate of drug-likeness (QED) is 0.0115. The van der Waals surface area contributed by atoms with Crippen LogP contribution in [0.2, 0.25) is 0 Å². The molecule has 0 aliphatic rings. The molecule has 0 saturated heterocycles. The second-order valence-electron chi connectivity index (χ2n) is 28.9. The third-order valence-corrected chi connectivity index (χ3v) is 21.3. The molecule has 40 heteroatoms. The Hall–Kier alpha value is -15.0. The van der Waals surface area contributed by atoms with Crippen LogP contribution in [-0.4, -0.2) is 57.1 Å². The summed E-state index contributed by atoms with van der Waals surface area (Å²) in [5.74, 6) is -27.7. The van der Waals surface area contributed by atoms with E-state index >= 15 is 43.9 Å². The van der Waals surface area contributed by atoms with Crippen molar-refractivity contribution in [3.05, 3.63) is 362 Å². The van der Waals surface area contributed by atoms with E-state index in [0.717, 1.165) is 72.8 Å². The van der Waals surface area contributed by atoms with E-state index in [4.69, 9.17) is 28.6 Å². The van der Waals surface area contributed by atoms with Crippen LogP contribution in [0.1, 0.15) is 77.1 Å². The van der Waals surface area contributed by atoms with Gasteiger partial charge in [-0.25, -0.2) is 17.6 Å².